The number of nitrogens with one attached hydrogen (secondary N) is 9. The number of amides is 12. The molecular weight excluding hydrogens is 1070 g/mol. The minimum absolute atomic E-state index is 0.0396. The number of aliphatic hydroxyl groups is 2. The molecule has 0 bridgehead atoms. The third-order valence-corrected chi connectivity index (χ3v) is 13.6. The van der Waals surface area contributed by atoms with Crippen LogP contribution < -0.4 is 63.1 Å². The number of phenolic OH excluding ortho intramolecular Hbond substituents is 2. The number of unbranched alkanes of at least 4 members (excludes halogenated alkanes) is 1. The van der Waals surface area contributed by atoms with Crippen LogP contribution in [-0.4, -0.2) is 202 Å². The van der Waals surface area contributed by atoms with Crippen molar-refractivity contribution < 1.29 is 92.9 Å². The van der Waals surface area contributed by atoms with Crippen LogP contribution in [0.1, 0.15) is 89.5 Å². The lowest BCUT2D eigenvalue weighted by Gasteiger charge is -2.28. The number of rotatable bonds is 27. The highest BCUT2D eigenvalue weighted by Gasteiger charge is 2.42. The van der Waals surface area contributed by atoms with Crippen LogP contribution in [0.25, 0.3) is 10.9 Å². The largest absolute Gasteiger partial charge is 0.504 e. The summed E-state index contributed by atoms with van der Waals surface area (Å²) in [5.41, 5.74) is 5.94. The van der Waals surface area contributed by atoms with E-state index in [1.807, 2.05) is 0 Å². The zero-order chi connectivity index (χ0) is 59.3. The van der Waals surface area contributed by atoms with Gasteiger partial charge in [0.1, 0.15) is 47.5 Å². The molecule has 7 atom stereocenters. The summed E-state index contributed by atoms with van der Waals surface area (Å²) in [7, 11) is 0. The predicted molar refractivity (Wildman–Crippen MR) is 277 cm³/mol. The minimum atomic E-state index is -1.69. The number of carbonyl (C=O) groups excluding carboxylic acids is 12. The fraction of sp³-hybridized carbons (Fsp3) is 0.571. The van der Waals surface area contributed by atoms with Crippen LogP contribution in [0.2, 0.25) is 0 Å². The van der Waals surface area contributed by atoms with Gasteiger partial charge in [0.2, 0.25) is 66.0 Å². The maximum absolute atomic E-state index is 14.2. The zero-order valence-electron chi connectivity index (χ0n) is 44.2. The number of aliphatic hydroxyl groups excluding tert-OH is 2. The molecule has 7 unspecified atom stereocenters. The average Bonchev–Trinajstić information content (AvgIpc) is 3.89. The molecule has 1 aromatic carbocycles. The quantitative estimate of drug-likeness (QED) is 0.00754. The van der Waals surface area contributed by atoms with Gasteiger partial charge in [0, 0.05) is 50.3 Å². The highest BCUT2D eigenvalue weighted by molar-refractivity contribution is 6.21. The van der Waals surface area contributed by atoms with Crippen molar-refractivity contribution in [2.24, 2.45) is 5.73 Å². The van der Waals surface area contributed by atoms with Crippen molar-refractivity contribution in [2.75, 3.05) is 62.7 Å². The summed E-state index contributed by atoms with van der Waals surface area (Å²) in [4.78, 5) is 158. The maximum atomic E-state index is 14.2. The number of aromatic hydroxyl groups is 2. The molecule has 17 N–H and O–H groups in total. The van der Waals surface area contributed by atoms with Crippen LogP contribution in [0.4, 0.5) is 11.5 Å². The van der Waals surface area contributed by atoms with E-state index in [-0.39, 0.29) is 150 Å². The number of hydrogen-bond acceptors (Lipinski definition) is 20. The Morgan fingerprint density at radius 1 is 0.728 bits per heavy atom. The van der Waals surface area contributed by atoms with Gasteiger partial charge in [0.25, 0.3) is 11.7 Å². The van der Waals surface area contributed by atoms with E-state index >= 15 is 0 Å². The topological polar surface area (TPSA) is 474 Å². The molecule has 3 aliphatic heterocycles. The van der Waals surface area contributed by atoms with E-state index in [9.17, 15) is 88.4 Å². The van der Waals surface area contributed by atoms with Crippen molar-refractivity contribution in [3.05, 3.63) is 18.2 Å². The summed E-state index contributed by atoms with van der Waals surface area (Å²) >= 11 is 0. The molecule has 0 radical (unpaired) electrons. The fourth-order valence-corrected chi connectivity index (χ4v) is 9.26. The van der Waals surface area contributed by atoms with Gasteiger partial charge >= 0.3 is 0 Å². The molecule has 1 aromatic heterocycles. The average molecular weight is 1140 g/mol. The van der Waals surface area contributed by atoms with Crippen molar-refractivity contribution in [2.45, 2.75) is 126 Å². The summed E-state index contributed by atoms with van der Waals surface area (Å²) in [6.07, 6.45) is 0.526. The van der Waals surface area contributed by atoms with Crippen molar-refractivity contribution in [3.8, 4) is 11.5 Å². The first-order valence-electron chi connectivity index (χ1n) is 26.4. The monoisotopic (exact) mass is 1140 g/mol. The Morgan fingerprint density at radius 3 is 2.05 bits per heavy atom. The van der Waals surface area contributed by atoms with Crippen molar-refractivity contribution in [3.63, 3.8) is 0 Å². The number of hydroxylamine groups is 4. The van der Waals surface area contributed by atoms with Crippen LogP contribution in [0.15, 0.2) is 18.2 Å². The molecule has 2 saturated heterocycles. The molecule has 444 valence electrons. The normalized spacial score (nSPS) is 19.7. The lowest BCUT2D eigenvalue weighted by molar-refractivity contribution is -0.674. The van der Waals surface area contributed by atoms with Crippen LogP contribution in [0, 0.1) is 0 Å². The molecule has 2 aromatic rings. The summed E-state index contributed by atoms with van der Waals surface area (Å²) in [6, 6.07) is -6.22. The van der Waals surface area contributed by atoms with Crippen LogP contribution in [0.3, 0.4) is 0 Å². The first-order valence-corrected chi connectivity index (χ1v) is 26.4. The molecule has 0 aliphatic carbocycles. The number of hydrogen-bond donors (Lipinski definition) is 16. The number of imide groups is 1. The van der Waals surface area contributed by atoms with Gasteiger partial charge in [-0.3, -0.25) is 73.3 Å². The fourth-order valence-electron chi connectivity index (χ4n) is 9.26. The summed E-state index contributed by atoms with van der Waals surface area (Å²) in [6.45, 7) is -2.79. The number of pyridine rings is 1. The van der Waals surface area contributed by atoms with E-state index in [0.717, 1.165) is 4.90 Å². The van der Waals surface area contributed by atoms with E-state index in [2.05, 4.69) is 47.9 Å². The molecule has 3 aliphatic rings. The maximum Gasteiger partial charge on any atom is 0.300 e. The van der Waals surface area contributed by atoms with Gasteiger partial charge in [0.05, 0.1) is 26.3 Å². The number of nitrogens with two attached hydrogens (primary N) is 1. The van der Waals surface area contributed by atoms with Gasteiger partial charge in [0.15, 0.2) is 17.5 Å². The number of carbonyl (C=O) groups is 12. The lowest BCUT2D eigenvalue weighted by atomic mass is 10.0. The van der Waals surface area contributed by atoms with E-state index in [1.54, 1.807) is 0 Å². The lowest BCUT2D eigenvalue weighted by Crippen LogP contribution is -2.60. The molecule has 4 heterocycles. The van der Waals surface area contributed by atoms with Crippen molar-refractivity contribution >= 4 is 94.3 Å². The molecule has 5 rings (SSSR count). The number of phenols is 2. The third-order valence-electron chi connectivity index (χ3n) is 13.6. The standard InChI is InChI=1S/C49H70N14O18/c50-14-3-1-7-28(55-48(78)33(24-65)59-49(79)34-13-16-51-42-36(63-40(71)11-12-41(63)72)19-27-20-37(68)38(69)21-35(27)62(34)42)43(73)53-22-39(70)54-29(9-5-17-60(80)25-66)45(75)56-30-8-2-4-15-52-44(74)32(23-64)58-47(77)31(57-46(30)76)10-6-18-61(81)26-67/h19-21,25-26,28-34,64-65,80-81H,1-18,22-24,50H2,(H10,51,52,53,54,55,56,57,58,59,68,69,70,73,74,75,76,77,78,79)/p+1. The Kier molecular flexibility index (Phi) is 24.2. The van der Waals surface area contributed by atoms with Gasteiger partial charge in [-0.2, -0.15) is 0 Å². The first kappa shape index (κ1) is 63.5. The Bertz CT molecular complexity index is 2650. The molecule has 32 nitrogen and oxygen atoms in total. The molecule has 32 heteroatoms. The number of fused-ring (bicyclic) bond motifs is 3. The Labute approximate surface area is 462 Å². The molecule has 12 amide bonds. The van der Waals surface area contributed by atoms with Crippen LogP contribution in [-0.2, 0) is 57.5 Å². The van der Waals surface area contributed by atoms with Crippen molar-refractivity contribution in [1.29, 1.82) is 0 Å². The van der Waals surface area contributed by atoms with Gasteiger partial charge < -0.3 is 68.7 Å². The number of nitrogens with zero attached hydrogens (tertiary/aromatic N) is 4. The minimum Gasteiger partial charge on any atom is -0.504 e. The van der Waals surface area contributed by atoms with Crippen molar-refractivity contribution in [1.82, 2.24) is 52.7 Å². The molecule has 0 spiro atoms. The predicted octanol–water partition coefficient (Wildman–Crippen LogP) is -5.76. The Morgan fingerprint density at radius 2 is 1.38 bits per heavy atom. The van der Waals surface area contributed by atoms with Gasteiger partial charge in [-0.15, -0.1) is 0 Å². The second-order valence-electron chi connectivity index (χ2n) is 19.4. The van der Waals surface area contributed by atoms with E-state index in [1.165, 1.54) is 22.8 Å². The van der Waals surface area contributed by atoms with E-state index in [0.29, 0.717) is 11.5 Å². The first-order chi connectivity index (χ1) is 38.7. The number of benzene rings is 1. The smallest absolute Gasteiger partial charge is 0.300 e. The zero-order valence-corrected chi connectivity index (χ0v) is 44.2. The molecular formula is C49H71N14O18+. The number of aromatic nitrogens is 1. The Balaban J connectivity index is 1.29. The van der Waals surface area contributed by atoms with Crippen LogP contribution >= 0.6 is 0 Å². The molecule has 81 heavy (non-hydrogen) atoms. The van der Waals surface area contributed by atoms with E-state index < -0.39 is 133 Å². The molecule has 0 saturated carbocycles. The second kappa shape index (κ2) is 30.9. The highest BCUT2D eigenvalue weighted by atomic mass is 16.5. The van der Waals surface area contributed by atoms with E-state index in [4.69, 9.17) is 5.73 Å². The Hall–Kier alpha value is -8.33. The highest BCUT2D eigenvalue weighted by Crippen LogP contribution is 2.38. The molecule has 2 fully saturated rings. The third kappa shape index (κ3) is 17.6. The summed E-state index contributed by atoms with van der Waals surface area (Å²) in [5.74, 6) is -9.22. The SMILES string of the molecule is NCCCCC(NC(=O)C(CO)NC(=O)C1CCNc2c(N3C(=O)CCC3=O)cc3cc(O)c(O)cc3[n+]21)C(=O)NCC(=O)NC(CCCN(O)C=O)C(=O)NC1CCCCNC(=O)C(CO)NC(=O)C(CCCN(O)C=O)NC1=O. The van der Waals surface area contributed by atoms with Gasteiger partial charge in [-0.05, 0) is 82.9 Å². The van der Waals surface area contributed by atoms with Gasteiger partial charge in [-0.1, -0.05) is 0 Å². The van der Waals surface area contributed by atoms with Crippen LogP contribution in [0.5, 0.6) is 11.5 Å². The van der Waals surface area contributed by atoms with Gasteiger partial charge in [-0.25, -0.2) is 19.6 Å². The summed E-state index contributed by atoms with van der Waals surface area (Å²) in [5, 5.41) is 84.2. The number of anilines is 2. The summed E-state index contributed by atoms with van der Waals surface area (Å²) < 4.78 is 1.39. The second-order valence-corrected chi connectivity index (χ2v) is 19.4.